The van der Waals surface area contributed by atoms with E-state index in [0.29, 0.717) is 10.6 Å². The van der Waals surface area contributed by atoms with E-state index in [-0.39, 0.29) is 17.2 Å². The van der Waals surface area contributed by atoms with Crippen molar-refractivity contribution < 1.29 is 8.42 Å². The van der Waals surface area contributed by atoms with Crippen molar-refractivity contribution in [2.75, 3.05) is 0 Å². The zero-order valence-corrected chi connectivity index (χ0v) is 16.1. The molecule has 0 spiro atoms. The minimum atomic E-state index is -3.48. The molecule has 1 unspecified atom stereocenters. The fourth-order valence-electron chi connectivity index (χ4n) is 2.47. The summed E-state index contributed by atoms with van der Waals surface area (Å²) in [5.41, 5.74) is 2.83. The van der Waals surface area contributed by atoms with Gasteiger partial charge in [-0.05, 0) is 35.1 Å². The van der Waals surface area contributed by atoms with Gasteiger partial charge in [-0.25, -0.2) is 13.1 Å². The van der Waals surface area contributed by atoms with Crippen LogP contribution in [0.5, 0.6) is 0 Å². The Hall–Kier alpha value is -1.36. The molecule has 2 aromatic carbocycles. The molecular formula is C19H24ClNO2S. The summed E-state index contributed by atoms with van der Waals surface area (Å²) in [7, 11) is -3.48. The molecule has 0 fully saturated rings. The molecule has 2 rings (SSSR count). The molecule has 130 valence electrons. The number of hydrogen-bond acceptors (Lipinski definition) is 2. The van der Waals surface area contributed by atoms with E-state index >= 15 is 0 Å². The van der Waals surface area contributed by atoms with Gasteiger partial charge in [-0.3, -0.25) is 0 Å². The van der Waals surface area contributed by atoms with Crippen LogP contribution in [0.25, 0.3) is 0 Å². The highest BCUT2D eigenvalue weighted by Crippen LogP contribution is 2.24. The molecule has 0 aliphatic rings. The van der Waals surface area contributed by atoms with Crippen LogP contribution in [0, 0.1) is 0 Å². The third-order valence-electron chi connectivity index (χ3n) is 3.94. The molecule has 1 atom stereocenters. The summed E-state index contributed by atoms with van der Waals surface area (Å²) in [5, 5.41) is 0.463. The van der Waals surface area contributed by atoms with Crippen LogP contribution in [0.2, 0.25) is 5.02 Å². The Kier molecular flexibility index (Phi) is 5.74. The van der Waals surface area contributed by atoms with Gasteiger partial charge in [-0.15, -0.1) is 0 Å². The molecule has 24 heavy (non-hydrogen) atoms. The molecule has 0 radical (unpaired) electrons. The largest absolute Gasteiger partial charge is 0.216 e. The number of sulfonamides is 1. The molecule has 3 nitrogen and oxygen atoms in total. The van der Waals surface area contributed by atoms with Crippen LogP contribution < -0.4 is 4.72 Å². The Bertz CT molecular complexity index is 793. The van der Waals surface area contributed by atoms with Gasteiger partial charge >= 0.3 is 0 Å². The number of benzene rings is 2. The highest BCUT2D eigenvalue weighted by atomic mass is 35.5. The van der Waals surface area contributed by atoms with Crippen molar-refractivity contribution in [2.24, 2.45) is 0 Å². The maximum atomic E-state index is 12.4. The standard InChI is InChI=1S/C19H24ClNO2S/c1-14(15-9-11-17(12-10-15)19(2,3)4)21-24(22,23)13-16-7-5-6-8-18(16)20/h5-12,14,21H,13H2,1-4H3. The van der Waals surface area contributed by atoms with Gasteiger partial charge in [0.25, 0.3) is 0 Å². The lowest BCUT2D eigenvalue weighted by Gasteiger charge is -2.20. The van der Waals surface area contributed by atoms with E-state index in [0.717, 1.165) is 5.56 Å². The van der Waals surface area contributed by atoms with Crippen LogP contribution in [0.1, 0.15) is 50.4 Å². The number of hydrogen-bond donors (Lipinski definition) is 1. The van der Waals surface area contributed by atoms with Crippen molar-refractivity contribution in [3.63, 3.8) is 0 Å². The number of halogens is 1. The first-order valence-corrected chi connectivity index (χ1v) is 9.95. The second kappa shape index (κ2) is 7.26. The van der Waals surface area contributed by atoms with Crippen molar-refractivity contribution in [1.82, 2.24) is 4.72 Å². The van der Waals surface area contributed by atoms with Crippen LogP contribution in [0.4, 0.5) is 0 Å². The molecule has 0 aliphatic heterocycles. The average molecular weight is 366 g/mol. The lowest BCUT2D eigenvalue weighted by molar-refractivity contribution is 0.565. The summed E-state index contributed by atoms with van der Waals surface area (Å²) in [4.78, 5) is 0. The topological polar surface area (TPSA) is 46.2 Å². The molecule has 0 amide bonds. The third kappa shape index (κ3) is 5.07. The Balaban J connectivity index is 2.10. The quantitative estimate of drug-likeness (QED) is 0.825. The van der Waals surface area contributed by atoms with Gasteiger partial charge in [0.15, 0.2) is 0 Å². The van der Waals surface area contributed by atoms with Gasteiger partial charge in [0.1, 0.15) is 0 Å². The average Bonchev–Trinajstić information content (AvgIpc) is 2.48. The first-order chi connectivity index (χ1) is 11.1. The smallest absolute Gasteiger partial charge is 0.212 e. The SMILES string of the molecule is CC(NS(=O)(=O)Cc1ccccc1Cl)c1ccc(C(C)(C)C)cc1. The summed E-state index contributed by atoms with van der Waals surface area (Å²) in [6.07, 6.45) is 0. The maximum absolute atomic E-state index is 12.4. The first kappa shape index (κ1) is 19.0. The Morgan fingerprint density at radius 1 is 1.04 bits per heavy atom. The van der Waals surface area contributed by atoms with E-state index in [9.17, 15) is 8.42 Å². The number of rotatable bonds is 5. The van der Waals surface area contributed by atoms with E-state index in [4.69, 9.17) is 11.6 Å². The summed E-state index contributed by atoms with van der Waals surface area (Å²) in [5.74, 6) is -0.128. The van der Waals surface area contributed by atoms with Crippen LogP contribution in [-0.4, -0.2) is 8.42 Å². The molecule has 1 N–H and O–H groups in total. The molecule has 0 bridgehead atoms. The fourth-order valence-corrected chi connectivity index (χ4v) is 4.17. The monoisotopic (exact) mass is 365 g/mol. The Morgan fingerprint density at radius 2 is 1.62 bits per heavy atom. The molecule has 0 aliphatic carbocycles. The van der Waals surface area contributed by atoms with Gasteiger partial charge in [0.05, 0.1) is 5.75 Å². The molecule has 0 saturated carbocycles. The highest BCUT2D eigenvalue weighted by Gasteiger charge is 2.19. The van der Waals surface area contributed by atoms with Crippen LogP contribution in [0.15, 0.2) is 48.5 Å². The van der Waals surface area contributed by atoms with Crippen molar-refractivity contribution in [3.05, 3.63) is 70.2 Å². The summed E-state index contributed by atoms with van der Waals surface area (Å²) >= 11 is 6.05. The predicted octanol–water partition coefficient (Wildman–Crippen LogP) is 4.82. The normalized spacial score (nSPS) is 13.7. The summed E-state index contributed by atoms with van der Waals surface area (Å²) in [6, 6.07) is 14.7. The first-order valence-electron chi connectivity index (χ1n) is 7.92. The van der Waals surface area contributed by atoms with E-state index in [2.05, 4.69) is 25.5 Å². The zero-order valence-electron chi connectivity index (χ0n) is 14.5. The molecular weight excluding hydrogens is 342 g/mol. The van der Waals surface area contributed by atoms with Crippen LogP contribution in [0.3, 0.4) is 0 Å². The Morgan fingerprint density at radius 3 is 2.17 bits per heavy atom. The fraction of sp³-hybridized carbons (Fsp3) is 0.368. The van der Waals surface area contributed by atoms with Crippen LogP contribution >= 0.6 is 11.6 Å². The zero-order chi connectivity index (χ0) is 18.0. The molecule has 5 heteroatoms. The minimum absolute atomic E-state index is 0.0747. The molecule has 0 aromatic heterocycles. The third-order valence-corrected chi connectivity index (χ3v) is 5.71. The van der Waals surface area contributed by atoms with Crippen molar-refractivity contribution in [3.8, 4) is 0 Å². The Labute approximate surface area is 150 Å². The molecule has 0 saturated heterocycles. The van der Waals surface area contributed by atoms with E-state index in [1.165, 1.54) is 5.56 Å². The van der Waals surface area contributed by atoms with Gasteiger partial charge in [0.2, 0.25) is 10.0 Å². The second-order valence-corrected chi connectivity index (χ2v) is 9.22. The van der Waals surface area contributed by atoms with E-state index < -0.39 is 10.0 Å². The predicted molar refractivity (Wildman–Crippen MR) is 101 cm³/mol. The second-order valence-electron chi connectivity index (χ2n) is 7.06. The number of nitrogens with one attached hydrogen (secondary N) is 1. The summed E-state index contributed by atoms with van der Waals surface area (Å²) < 4.78 is 27.5. The van der Waals surface area contributed by atoms with Crippen molar-refractivity contribution in [2.45, 2.75) is 44.9 Å². The lowest BCUT2D eigenvalue weighted by atomic mass is 9.86. The van der Waals surface area contributed by atoms with Gasteiger partial charge in [-0.2, -0.15) is 0 Å². The van der Waals surface area contributed by atoms with Gasteiger partial charge in [0, 0.05) is 11.1 Å². The highest BCUT2D eigenvalue weighted by molar-refractivity contribution is 7.88. The summed E-state index contributed by atoms with van der Waals surface area (Å²) in [6.45, 7) is 8.30. The molecule has 2 aromatic rings. The van der Waals surface area contributed by atoms with Crippen LogP contribution in [-0.2, 0) is 21.2 Å². The maximum Gasteiger partial charge on any atom is 0.216 e. The van der Waals surface area contributed by atoms with Crippen molar-refractivity contribution in [1.29, 1.82) is 0 Å². The van der Waals surface area contributed by atoms with Gasteiger partial charge in [-0.1, -0.05) is 74.8 Å². The van der Waals surface area contributed by atoms with Gasteiger partial charge < -0.3 is 0 Å². The van der Waals surface area contributed by atoms with E-state index in [1.54, 1.807) is 24.3 Å². The lowest BCUT2D eigenvalue weighted by Crippen LogP contribution is -2.28. The molecule has 0 heterocycles. The van der Waals surface area contributed by atoms with E-state index in [1.807, 2.05) is 31.2 Å². The van der Waals surface area contributed by atoms with Crippen molar-refractivity contribution >= 4 is 21.6 Å². The minimum Gasteiger partial charge on any atom is -0.212 e.